The number of aromatic nitrogens is 2. The molecule has 0 saturated carbocycles. The second kappa shape index (κ2) is 8.88. The lowest BCUT2D eigenvalue weighted by molar-refractivity contribution is 0.184. The molecule has 172 valence electrons. The van der Waals surface area contributed by atoms with E-state index in [-0.39, 0.29) is 17.2 Å². The molecule has 0 fully saturated rings. The highest BCUT2D eigenvalue weighted by Crippen LogP contribution is 2.52. The van der Waals surface area contributed by atoms with Crippen LogP contribution in [0.3, 0.4) is 0 Å². The first kappa shape index (κ1) is 23.4. The van der Waals surface area contributed by atoms with Gasteiger partial charge in [0.25, 0.3) is 0 Å². The van der Waals surface area contributed by atoms with E-state index in [9.17, 15) is 9.65 Å². The summed E-state index contributed by atoms with van der Waals surface area (Å²) in [5.41, 5.74) is 5.90. The molecule has 3 atom stereocenters. The molecule has 3 heterocycles. The maximum atomic E-state index is 15.2. The zero-order valence-electron chi connectivity index (χ0n) is 18.5. The molecule has 0 spiro atoms. The highest BCUT2D eigenvalue weighted by Gasteiger charge is 2.53. The molecule has 1 aromatic carbocycles. The Morgan fingerprint density at radius 1 is 1.24 bits per heavy atom. The summed E-state index contributed by atoms with van der Waals surface area (Å²) >= 11 is 1.21. The number of nitriles is 2. The van der Waals surface area contributed by atoms with Crippen molar-refractivity contribution in [2.45, 2.75) is 30.6 Å². The smallest absolute Gasteiger partial charge is 0.156 e. The second-order valence-electron chi connectivity index (χ2n) is 8.37. The number of hydrogen-bond donors (Lipinski definition) is 2. The van der Waals surface area contributed by atoms with Crippen LogP contribution in [0, 0.1) is 34.4 Å². The van der Waals surface area contributed by atoms with Crippen LogP contribution in [0.4, 0.5) is 20.3 Å². The Morgan fingerprint density at radius 2 is 2.03 bits per heavy atom. The summed E-state index contributed by atoms with van der Waals surface area (Å²) in [5, 5.41) is 22.4. The van der Waals surface area contributed by atoms with E-state index in [0.717, 1.165) is 0 Å². The number of fused-ring (bicyclic) bond motifs is 1. The number of alkyl halides is 1. The fourth-order valence-electron chi connectivity index (χ4n) is 4.29. The number of halogens is 2. The van der Waals surface area contributed by atoms with E-state index in [1.807, 2.05) is 13.0 Å². The molecule has 0 saturated heterocycles. The minimum absolute atomic E-state index is 0.0416. The van der Waals surface area contributed by atoms with Gasteiger partial charge in [-0.05, 0) is 37.3 Å². The van der Waals surface area contributed by atoms with Crippen molar-refractivity contribution in [2.24, 2.45) is 16.6 Å². The van der Waals surface area contributed by atoms with E-state index in [4.69, 9.17) is 11.0 Å². The maximum absolute atomic E-state index is 15.2. The lowest BCUT2D eigenvalue weighted by Crippen LogP contribution is -2.51. The first-order valence-corrected chi connectivity index (χ1v) is 11.3. The van der Waals surface area contributed by atoms with E-state index >= 15 is 4.39 Å². The number of aliphatic imine (C=N–C) groups is 1. The van der Waals surface area contributed by atoms with Gasteiger partial charge in [0.15, 0.2) is 11.0 Å². The molecule has 0 unspecified atom stereocenters. The monoisotopic (exact) mass is 477 g/mol. The van der Waals surface area contributed by atoms with Crippen LogP contribution in [-0.4, -0.2) is 26.6 Å². The number of anilines is 2. The number of pyridine rings is 2. The van der Waals surface area contributed by atoms with Gasteiger partial charge in [0, 0.05) is 39.7 Å². The van der Waals surface area contributed by atoms with E-state index in [2.05, 4.69) is 26.3 Å². The topological polar surface area (TPSA) is 124 Å². The number of amidine groups is 1. The van der Waals surface area contributed by atoms with Crippen LogP contribution >= 0.6 is 11.8 Å². The SMILES string of the molecule is C[C@@H]1[C@@](C)(CC#N)SC(N)=N[C@]1(CF)c1cc(Nc2nccc3cc(C#N)cnc23)ccc1F. The minimum Gasteiger partial charge on any atom is -0.378 e. The summed E-state index contributed by atoms with van der Waals surface area (Å²) in [5.74, 6) is -0.757. The Bertz CT molecular complexity index is 1380. The summed E-state index contributed by atoms with van der Waals surface area (Å²) in [4.78, 5) is 13.0. The van der Waals surface area contributed by atoms with E-state index < -0.39 is 28.7 Å². The van der Waals surface area contributed by atoms with Crippen LogP contribution in [0.25, 0.3) is 10.9 Å². The second-order valence-corrected chi connectivity index (χ2v) is 9.92. The maximum Gasteiger partial charge on any atom is 0.156 e. The molecule has 0 bridgehead atoms. The van der Waals surface area contributed by atoms with Gasteiger partial charge in [0.1, 0.15) is 29.6 Å². The predicted octanol–water partition coefficient (Wildman–Crippen LogP) is 4.92. The summed E-state index contributed by atoms with van der Waals surface area (Å²) < 4.78 is 29.2. The fraction of sp³-hybridized carbons (Fsp3) is 0.292. The molecular weight excluding hydrogens is 456 g/mol. The van der Waals surface area contributed by atoms with Gasteiger partial charge in [-0.2, -0.15) is 10.5 Å². The predicted molar refractivity (Wildman–Crippen MR) is 129 cm³/mol. The van der Waals surface area contributed by atoms with E-state index in [1.165, 1.54) is 36.2 Å². The normalized spacial score (nSPS) is 24.2. The van der Waals surface area contributed by atoms with Crippen LogP contribution in [0.2, 0.25) is 0 Å². The number of nitrogens with zero attached hydrogens (tertiary/aromatic N) is 5. The Hall–Kier alpha value is -3.76. The molecule has 1 aliphatic heterocycles. The van der Waals surface area contributed by atoms with Crippen molar-refractivity contribution < 1.29 is 8.78 Å². The third kappa shape index (κ3) is 3.91. The number of thioether (sulfide) groups is 1. The Balaban J connectivity index is 1.80. The minimum atomic E-state index is -1.59. The summed E-state index contributed by atoms with van der Waals surface area (Å²) in [6.07, 6.45) is 3.12. The largest absolute Gasteiger partial charge is 0.378 e. The number of benzene rings is 1. The van der Waals surface area contributed by atoms with Gasteiger partial charge in [-0.15, -0.1) is 0 Å². The lowest BCUT2D eigenvalue weighted by Gasteiger charge is -2.47. The summed E-state index contributed by atoms with van der Waals surface area (Å²) in [6.45, 7) is 2.60. The summed E-state index contributed by atoms with van der Waals surface area (Å²) in [6, 6.07) is 11.9. The zero-order chi connectivity index (χ0) is 24.5. The molecule has 3 N–H and O–H groups in total. The Morgan fingerprint density at radius 3 is 2.74 bits per heavy atom. The van der Waals surface area contributed by atoms with E-state index in [0.29, 0.717) is 28.0 Å². The van der Waals surface area contributed by atoms with Crippen molar-refractivity contribution in [3.8, 4) is 12.1 Å². The molecule has 3 aromatic rings. The molecule has 0 radical (unpaired) electrons. The molecule has 0 amide bonds. The van der Waals surface area contributed by atoms with Crippen molar-refractivity contribution in [3.05, 3.63) is 59.7 Å². The van der Waals surface area contributed by atoms with Crippen LogP contribution in [0.5, 0.6) is 0 Å². The van der Waals surface area contributed by atoms with E-state index in [1.54, 1.807) is 25.3 Å². The Labute approximate surface area is 199 Å². The van der Waals surface area contributed by atoms with Gasteiger partial charge in [-0.3, -0.25) is 4.98 Å². The van der Waals surface area contributed by atoms with Crippen LogP contribution < -0.4 is 11.1 Å². The fourth-order valence-corrected chi connectivity index (χ4v) is 5.48. The van der Waals surface area contributed by atoms with Gasteiger partial charge in [0.2, 0.25) is 0 Å². The van der Waals surface area contributed by atoms with Crippen molar-refractivity contribution in [1.29, 1.82) is 10.5 Å². The van der Waals surface area contributed by atoms with Crippen molar-refractivity contribution >= 4 is 39.3 Å². The highest BCUT2D eigenvalue weighted by molar-refractivity contribution is 8.15. The average molecular weight is 478 g/mol. The van der Waals surface area contributed by atoms with Crippen molar-refractivity contribution in [2.75, 3.05) is 12.0 Å². The average Bonchev–Trinajstić information content (AvgIpc) is 2.82. The molecule has 4 rings (SSSR count). The van der Waals surface area contributed by atoms with Crippen molar-refractivity contribution in [3.63, 3.8) is 0 Å². The molecule has 34 heavy (non-hydrogen) atoms. The number of nitrogens with two attached hydrogens (primary N) is 1. The quantitative estimate of drug-likeness (QED) is 0.534. The van der Waals surface area contributed by atoms with Gasteiger partial charge >= 0.3 is 0 Å². The summed E-state index contributed by atoms with van der Waals surface area (Å²) in [7, 11) is 0. The highest BCUT2D eigenvalue weighted by atomic mass is 32.2. The number of rotatable bonds is 5. The van der Waals surface area contributed by atoms with Crippen LogP contribution in [-0.2, 0) is 5.54 Å². The van der Waals surface area contributed by atoms with Crippen LogP contribution in [0.15, 0.2) is 47.7 Å². The van der Waals surface area contributed by atoms with Gasteiger partial charge < -0.3 is 11.1 Å². The molecule has 2 aromatic heterocycles. The number of hydrogen-bond acceptors (Lipinski definition) is 8. The number of nitrogens with one attached hydrogen (secondary N) is 1. The third-order valence-corrected chi connectivity index (χ3v) is 7.60. The third-order valence-electron chi connectivity index (χ3n) is 6.34. The first-order chi connectivity index (χ1) is 16.3. The molecule has 1 aliphatic rings. The lowest BCUT2D eigenvalue weighted by atomic mass is 9.72. The molecule has 10 heteroatoms. The zero-order valence-corrected chi connectivity index (χ0v) is 19.3. The standard InChI is InChI=1S/C24H21F2N7S/c1-14-23(2,6-7-27)34-22(29)33-24(14,13-25)18-10-17(3-4-19(18)26)32-21-20-16(5-8-30-21)9-15(11-28)12-31-20/h3-5,8-10,12,14H,6,13H2,1-2H3,(H2,29,33)(H,30,32)/t14-,23-,24+/m1/s1. The first-order valence-electron chi connectivity index (χ1n) is 10.5. The van der Waals surface area contributed by atoms with Gasteiger partial charge in [0.05, 0.1) is 18.1 Å². The van der Waals surface area contributed by atoms with Gasteiger partial charge in [-0.1, -0.05) is 18.7 Å². The molecule has 0 aliphatic carbocycles. The molecule has 7 nitrogen and oxygen atoms in total. The van der Waals surface area contributed by atoms with Crippen LogP contribution in [0.1, 0.15) is 31.4 Å². The molecular formula is C24H21F2N7S. The Kier molecular flexibility index (Phi) is 6.11. The van der Waals surface area contributed by atoms with Crippen molar-refractivity contribution in [1.82, 2.24) is 9.97 Å². The van der Waals surface area contributed by atoms with Gasteiger partial charge in [-0.25, -0.2) is 18.8 Å².